The topological polar surface area (TPSA) is 43.4 Å². The van der Waals surface area contributed by atoms with E-state index in [0.717, 1.165) is 11.1 Å². The molecular weight excluding hydrogens is 368 g/mol. The second kappa shape index (κ2) is 6.95. The number of benzene rings is 3. The summed E-state index contributed by atoms with van der Waals surface area (Å²) in [6.45, 7) is 3.89. The molecule has 1 unspecified atom stereocenters. The van der Waals surface area contributed by atoms with Gasteiger partial charge in [0.2, 0.25) is 9.84 Å². The second-order valence-electron chi connectivity index (χ2n) is 7.43. The predicted molar refractivity (Wildman–Crippen MR) is 111 cm³/mol. The first-order chi connectivity index (χ1) is 13.4. The smallest absolute Gasteiger partial charge is 0.207 e. The minimum absolute atomic E-state index is 0.278. The summed E-state index contributed by atoms with van der Waals surface area (Å²) in [7, 11) is -3.75. The maximum atomic E-state index is 13.8. The lowest BCUT2D eigenvalue weighted by atomic mass is 9.85. The van der Waals surface area contributed by atoms with Crippen molar-refractivity contribution in [2.24, 2.45) is 0 Å². The van der Waals surface area contributed by atoms with Crippen LogP contribution in [0.2, 0.25) is 0 Å². The van der Waals surface area contributed by atoms with Crippen LogP contribution in [0.1, 0.15) is 30.9 Å². The molecule has 0 amide bonds. The summed E-state index contributed by atoms with van der Waals surface area (Å²) in [6.07, 6.45) is 0. The van der Waals surface area contributed by atoms with Crippen LogP contribution in [0.15, 0.2) is 101 Å². The van der Waals surface area contributed by atoms with Crippen LogP contribution in [0.4, 0.5) is 0 Å². The van der Waals surface area contributed by atoms with Gasteiger partial charge in [0.25, 0.3) is 0 Å². The Morgan fingerprint density at radius 1 is 0.750 bits per heavy atom. The van der Waals surface area contributed by atoms with E-state index < -0.39 is 21.4 Å². The minimum atomic E-state index is -3.75. The van der Waals surface area contributed by atoms with Crippen molar-refractivity contribution < 1.29 is 13.2 Å². The highest BCUT2D eigenvalue weighted by Gasteiger charge is 2.49. The fraction of sp³-hybridized carbons (Fsp3) is 0.167. The quantitative estimate of drug-likeness (QED) is 0.597. The van der Waals surface area contributed by atoms with Crippen molar-refractivity contribution in [2.75, 3.05) is 0 Å². The largest absolute Gasteiger partial charge is 0.485 e. The molecule has 0 radical (unpaired) electrons. The van der Waals surface area contributed by atoms with E-state index in [4.69, 9.17) is 4.74 Å². The van der Waals surface area contributed by atoms with E-state index in [1.54, 1.807) is 24.3 Å². The van der Waals surface area contributed by atoms with Crippen LogP contribution in [0.3, 0.4) is 0 Å². The lowest BCUT2D eigenvalue weighted by molar-refractivity contribution is 0.0838. The fourth-order valence-corrected chi connectivity index (χ4v) is 5.71. The number of rotatable bonds is 4. The van der Waals surface area contributed by atoms with Crippen LogP contribution in [0.25, 0.3) is 5.76 Å². The first-order valence-corrected chi connectivity index (χ1v) is 10.7. The summed E-state index contributed by atoms with van der Waals surface area (Å²) in [5.41, 5.74) is 0.987. The molecule has 28 heavy (non-hydrogen) atoms. The molecule has 0 saturated heterocycles. The molecule has 0 aliphatic carbocycles. The van der Waals surface area contributed by atoms with E-state index in [1.807, 2.05) is 80.6 Å². The van der Waals surface area contributed by atoms with Crippen molar-refractivity contribution in [1.82, 2.24) is 0 Å². The Morgan fingerprint density at radius 3 is 1.82 bits per heavy atom. The molecule has 3 aromatic rings. The predicted octanol–water partition coefficient (Wildman–Crippen LogP) is 5.42. The van der Waals surface area contributed by atoms with Gasteiger partial charge in [-0.05, 0) is 31.5 Å². The van der Waals surface area contributed by atoms with E-state index in [9.17, 15) is 8.42 Å². The third-order valence-corrected chi connectivity index (χ3v) is 6.95. The van der Waals surface area contributed by atoms with Gasteiger partial charge < -0.3 is 4.74 Å². The van der Waals surface area contributed by atoms with Gasteiger partial charge in [-0.25, -0.2) is 8.42 Å². The highest BCUT2D eigenvalue weighted by molar-refractivity contribution is 7.95. The van der Waals surface area contributed by atoms with Gasteiger partial charge in [-0.3, -0.25) is 0 Å². The molecule has 4 heteroatoms. The monoisotopic (exact) mass is 390 g/mol. The van der Waals surface area contributed by atoms with Crippen LogP contribution in [-0.2, 0) is 14.6 Å². The van der Waals surface area contributed by atoms with Gasteiger partial charge in [0, 0.05) is 5.56 Å². The number of ether oxygens (including phenoxy) is 1. The lowest BCUT2D eigenvalue weighted by Crippen LogP contribution is -2.29. The SMILES string of the molecule is CC1(C)OC(c2ccccc2)=C(S(=O)(=O)c2ccccc2)C1c1ccccc1. The molecule has 1 aliphatic heterocycles. The number of hydrogen-bond donors (Lipinski definition) is 0. The molecular formula is C24H22O3S. The normalized spacial score (nSPS) is 18.7. The number of hydrogen-bond acceptors (Lipinski definition) is 3. The molecule has 1 aliphatic rings. The Kier molecular flexibility index (Phi) is 4.60. The zero-order valence-electron chi connectivity index (χ0n) is 15.9. The summed E-state index contributed by atoms with van der Waals surface area (Å²) in [4.78, 5) is 0.599. The van der Waals surface area contributed by atoms with Crippen molar-refractivity contribution in [1.29, 1.82) is 0 Å². The lowest BCUT2D eigenvalue weighted by Gasteiger charge is -2.28. The Balaban J connectivity index is 2.01. The molecule has 142 valence electrons. The van der Waals surface area contributed by atoms with E-state index in [0.29, 0.717) is 10.7 Å². The van der Waals surface area contributed by atoms with Crippen molar-refractivity contribution >= 4 is 15.6 Å². The zero-order valence-corrected chi connectivity index (χ0v) is 16.7. The first-order valence-electron chi connectivity index (χ1n) is 9.25. The van der Waals surface area contributed by atoms with Crippen molar-refractivity contribution in [2.45, 2.75) is 30.3 Å². The highest BCUT2D eigenvalue weighted by atomic mass is 32.2. The fourth-order valence-electron chi connectivity index (χ4n) is 3.81. The maximum absolute atomic E-state index is 13.8. The molecule has 1 heterocycles. The Morgan fingerprint density at radius 2 is 1.25 bits per heavy atom. The van der Waals surface area contributed by atoms with Crippen LogP contribution in [0.5, 0.6) is 0 Å². The Hall–Kier alpha value is -2.85. The van der Waals surface area contributed by atoms with Crippen molar-refractivity contribution in [3.63, 3.8) is 0 Å². The van der Waals surface area contributed by atoms with E-state index in [-0.39, 0.29) is 4.90 Å². The summed E-state index contributed by atoms with van der Waals surface area (Å²) in [5.74, 6) is 0.0254. The molecule has 4 rings (SSSR count). The average molecular weight is 391 g/mol. The summed E-state index contributed by atoms with van der Waals surface area (Å²) in [6, 6.07) is 27.8. The molecule has 0 bridgehead atoms. The molecule has 3 nitrogen and oxygen atoms in total. The van der Waals surface area contributed by atoms with Gasteiger partial charge in [0.1, 0.15) is 16.3 Å². The Bertz CT molecular complexity index is 1100. The van der Waals surface area contributed by atoms with Gasteiger partial charge in [0.05, 0.1) is 10.8 Å². The van der Waals surface area contributed by atoms with Gasteiger partial charge in [-0.2, -0.15) is 0 Å². The van der Waals surface area contributed by atoms with E-state index in [2.05, 4.69) is 0 Å². The van der Waals surface area contributed by atoms with Gasteiger partial charge >= 0.3 is 0 Å². The van der Waals surface area contributed by atoms with Crippen LogP contribution >= 0.6 is 0 Å². The van der Waals surface area contributed by atoms with Crippen LogP contribution in [0, 0.1) is 0 Å². The third kappa shape index (κ3) is 3.14. The van der Waals surface area contributed by atoms with Crippen LogP contribution < -0.4 is 0 Å². The van der Waals surface area contributed by atoms with Crippen molar-refractivity contribution in [3.8, 4) is 0 Å². The van der Waals surface area contributed by atoms with Crippen molar-refractivity contribution in [3.05, 3.63) is 107 Å². The maximum Gasteiger partial charge on any atom is 0.207 e. The minimum Gasteiger partial charge on any atom is -0.485 e. The molecule has 0 aromatic heterocycles. The molecule has 0 fully saturated rings. The summed E-state index contributed by atoms with van der Waals surface area (Å²) < 4.78 is 33.8. The summed E-state index contributed by atoms with van der Waals surface area (Å²) in [5, 5.41) is 0. The van der Waals surface area contributed by atoms with E-state index >= 15 is 0 Å². The van der Waals surface area contributed by atoms with E-state index in [1.165, 1.54) is 0 Å². The molecule has 0 saturated carbocycles. The third-order valence-electron chi connectivity index (χ3n) is 5.06. The molecule has 0 spiro atoms. The Labute approximate surface area is 166 Å². The van der Waals surface area contributed by atoms with Gasteiger partial charge in [-0.15, -0.1) is 0 Å². The molecule has 1 atom stereocenters. The first kappa shape index (κ1) is 18.5. The molecule has 3 aromatic carbocycles. The van der Waals surface area contributed by atoms with Crippen LogP contribution in [-0.4, -0.2) is 14.0 Å². The average Bonchev–Trinajstić information content (AvgIpc) is 3.02. The zero-order chi connectivity index (χ0) is 19.8. The van der Waals surface area contributed by atoms with Gasteiger partial charge in [0.15, 0.2) is 0 Å². The summed E-state index contributed by atoms with van der Waals surface area (Å²) >= 11 is 0. The highest BCUT2D eigenvalue weighted by Crippen LogP contribution is 2.52. The number of sulfone groups is 1. The molecule has 0 N–H and O–H groups in total. The standard InChI is InChI=1S/C24H22O3S/c1-24(2)21(18-12-6-3-7-13-18)23(22(27-24)19-14-8-4-9-15-19)28(25,26)20-16-10-5-11-17-20/h3-17,21H,1-2H3. The van der Waals surface area contributed by atoms with Gasteiger partial charge in [-0.1, -0.05) is 78.9 Å². The second-order valence-corrected chi connectivity index (χ2v) is 9.34.